The standard InChI is InChI=1S/C13H7ClF4OS/c14-11-4-3-10(20-11)13(17,18)12(6-19-12)8-2-1-7(15)5-9(8)16/h1-5H,6H2. The van der Waals surface area contributed by atoms with Crippen LogP contribution in [0.25, 0.3) is 0 Å². The van der Waals surface area contributed by atoms with E-state index in [1.807, 2.05) is 0 Å². The molecule has 0 N–H and O–H groups in total. The molecule has 2 aromatic rings. The fourth-order valence-corrected chi connectivity index (χ4v) is 3.16. The fourth-order valence-electron chi connectivity index (χ4n) is 2.08. The number of benzene rings is 1. The van der Waals surface area contributed by atoms with E-state index in [0.717, 1.165) is 12.1 Å². The van der Waals surface area contributed by atoms with Crippen LogP contribution in [-0.4, -0.2) is 6.61 Å². The van der Waals surface area contributed by atoms with Crippen molar-refractivity contribution in [1.29, 1.82) is 0 Å². The van der Waals surface area contributed by atoms with Gasteiger partial charge in [0, 0.05) is 11.6 Å². The van der Waals surface area contributed by atoms with Crippen LogP contribution in [0.4, 0.5) is 17.6 Å². The lowest BCUT2D eigenvalue weighted by atomic mass is 9.91. The third kappa shape index (κ3) is 1.94. The van der Waals surface area contributed by atoms with Gasteiger partial charge in [-0.25, -0.2) is 8.78 Å². The number of thiophene rings is 1. The minimum Gasteiger partial charge on any atom is -0.357 e. The van der Waals surface area contributed by atoms with Crippen molar-refractivity contribution in [3.8, 4) is 0 Å². The Balaban J connectivity index is 2.08. The average Bonchev–Trinajstić information content (AvgIpc) is 3.06. The summed E-state index contributed by atoms with van der Waals surface area (Å²) < 4.78 is 60.8. The minimum atomic E-state index is -3.44. The first-order chi connectivity index (χ1) is 9.37. The Morgan fingerprint density at radius 1 is 1.20 bits per heavy atom. The van der Waals surface area contributed by atoms with Crippen molar-refractivity contribution >= 4 is 22.9 Å². The van der Waals surface area contributed by atoms with Gasteiger partial charge in [-0.2, -0.15) is 8.78 Å². The lowest BCUT2D eigenvalue weighted by molar-refractivity contribution is -0.0834. The molecule has 0 bridgehead atoms. The molecule has 1 unspecified atom stereocenters. The second-order valence-corrected chi connectivity index (χ2v) is 6.13. The first-order valence-electron chi connectivity index (χ1n) is 5.60. The number of ether oxygens (including phenoxy) is 1. The van der Waals surface area contributed by atoms with Crippen LogP contribution in [-0.2, 0) is 16.3 Å². The van der Waals surface area contributed by atoms with Crippen LogP contribution in [0.1, 0.15) is 10.4 Å². The zero-order valence-electron chi connectivity index (χ0n) is 9.80. The summed E-state index contributed by atoms with van der Waals surface area (Å²) in [5.41, 5.74) is -2.44. The van der Waals surface area contributed by atoms with Crippen molar-refractivity contribution in [2.45, 2.75) is 11.5 Å². The smallest absolute Gasteiger partial charge is 0.317 e. The van der Waals surface area contributed by atoms with Gasteiger partial charge in [-0.15, -0.1) is 11.3 Å². The van der Waals surface area contributed by atoms with Crippen LogP contribution in [0.15, 0.2) is 30.3 Å². The van der Waals surface area contributed by atoms with Crippen LogP contribution in [0.5, 0.6) is 0 Å². The normalized spacial score (nSPS) is 22.1. The van der Waals surface area contributed by atoms with E-state index in [9.17, 15) is 17.6 Å². The summed E-state index contributed by atoms with van der Waals surface area (Å²) in [6.07, 6.45) is 0. The molecular formula is C13H7ClF4OS. The number of epoxide rings is 1. The molecule has 1 saturated heterocycles. The van der Waals surface area contributed by atoms with E-state index in [1.54, 1.807) is 0 Å². The van der Waals surface area contributed by atoms with Crippen LogP contribution in [0, 0.1) is 11.6 Å². The minimum absolute atomic E-state index is 0.204. The molecule has 20 heavy (non-hydrogen) atoms. The summed E-state index contributed by atoms with van der Waals surface area (Å²) in [5.74, 6) is -5.32. The Morgan fingerprint density at radius 2 is 1.90 bits per heavy atom. The zero-order valence-corrected chi connectivity index (χ0v) is 11.4. The van der Waals surface area contributed by atoms with Crippen molar-refractivity contribution < 1.29 is 22.3 Å². The third-order valence-corrected chi connectivity index (χ3v) is 4.49. The van der Waals surface area contributed by atoms with Gasteiger partial charge in [-0.1, -0.05) is 11.6 Å². The van der Waals surface area contributed by atoms with Gasteiger partial charge >= 0.3 is 5.92 Å². The highest BCUT2D eigenvalue weighted by molar-refractivity contribution is 7.16. The second-order valence-electron chi connectivity index (χ2n) is 4.42. The van der Waals surface area contributed by atoms with Gasteiger partial charge in [0.05, 0.1) is 15.8 Å². The van der Waals surface area contributed by atoms with Crippen LogP contribution in [0.2, 0.25) is 4.34 Å². The zero-order chi connectivity index (χ0) is 14.5. The number of rotatable bonds is 3. The first-order valence-corrected chi connectivity index (χ1v) is 6.79. The summed E-state index contributed by atoms with van der Waals surface area (Å²) in [6, 6.07) is 5.00. The molecule has 2 heterocycles. The predicted octanol–water partition coefficient (Wildman–Crippen LogP) is 4.70. The molecule has 0 saturated carbocycles. The Kier molecular flexibility index (Phi) is 3.08. The van der Waals surface area contributed by atoms with Crippen molar-refractivity contribution in [1.82, 2.24) is 0 Å². The Hall–Kier alpha value is -1.11. The Bertz CT molecular complexity index is 666. The van der Waals surface area contributed by atoms with E-state index >= 15 is 0 Å². The van der Waals surface area contributed by atoms with Gasteiger partial charge in [0.25, 0.3) is 0 Å². The first kappa shape index (κ1) is 13.9. The Labute approximate surface area is 120 Å². The van der Waals surface area contributed by atoms with E-state index in [2.05, 4.69) is 0 Å². The number of hydrogen-bond donors (Lipinski definition) is 0. The van der Waals surface area contributed by atoms with Crippen molar-refractivity contribution in [3.63, 3.8) is 0 Å². The molecule has 106 valence electrons. The van der Waals surface area contributed by atoms with Crippen LogP contribution >= 0.6 is 22.9 Å². The molecule has 1 fully saturated rings. The van der Waals surface area contributed by atoms with E-state index < -0.39 is 23.2 Å². The predicted molar refractivity (Wildman–Crippen MR) is 67.2 cm³/mol. The highest BCUT2D eigenvalue weighted by atomic mass is 35.5. The third-order valence-electron chi connectivity index (χ3n) is 3.19. The number of halogens is 5. The molecule has 0 radical (unpaired) electrons. The maximum absolute atomic E-state index is 14.5. The molecule has 1 aliphatic rings. The van der Waals surface area contributed by atoms with Crippen molar-refractivity contribution in [3.05, 3.63) is 56.7 Å². The summed E-state index contributed by atoms with van der Waals surface area (Å²) in [6.45, 7) is -0.335. The van der Waals surface area contributed by atoms with E-state index in [1.165, 1.54) is 12.1 Å². The van der Waals surface area contributed by atoms with Crippen molar-refractivity contribution in [2.24, 2.45) is 0 Å². The Morgan fingerprint density at radius 3 is 2.40 bits per heavy atom. The molecule has 1 atom stereocenters. The molecule has 0 aliphatic carbocycles. The van der Waals surface area contributed by atoms with E-state index in [-0.39, 0.29) is 21.4 Å². The fraction of sp³-hybridized carbons (Fsp3) is 0.231. The lowest BCUT2D eigenvalue weighted by Crippen LogP contribution is -2.32. The molecule has 1 aromatic carbocycles. The van der Waals surface area contributed by atoms with E-state index in [4.69, 9.17) is 16.3 Å². The largest absolute Gasteiger partial charge is 0.357 e. The number of alkyl halides is 2. The van der Waals surface area contributed by atoms with Crippen molar-refractivity contribution in [2.75, 3.05) is 6.61 Å². The van der Waals surface area contributed by atoms with Gasteiger partial charge in [-0.05, 0) is 24.3 Å². The SMILES string of the molecule is Fc1ccc(C2(C(F)(F)c3ccc(Cl)s3)CO2)c(F)c1. The lowest BCUT2D eigenvalue weighted by Gasteiger charge is -2.23. The summed E-state index contributed by atoms with van der Waals surface area (Å²) >= 11 is 6.36. The highest BCUT2D eigenvalue weighted by Crippen LogP contribution is 2.58. The van der Waals surface area contributed by atoms with Gasteiger partial charge in [-0.3, -0.25) is 0 Å². The van der Waals surface area contributed by atoms with Crippen LogP contribution < -0.4 is 0 Å². The molecule has 0 spiro atoms. The summed E-state index contributed by atoms with van der Waals surface area (Å²) in [4.78, 5) is -0.316. The summed E-state index contributed by atoms with van der Waals surface area (Å²) in [7, 11) is 0. The molecule has 0 amide bonds. The maximum Gasteiger partial charge on any atom is 0.317 e. The van der Waals surface area contributed by atoms with Gasteiger partial charge < -0.3 is 4.74 Å². The second kappa shape index (κ2) is 4.44. The van der Waals surface area contributed by atoms with Crippen LogP contribution in [0.3, 0.4) is 0 Å². The summed E-state index contributed by atoms with van der Waals surface area (Å²) in [5, 5.41) is 0. The molecule has 1 aliphatic heterocycles. The van der Waals surface area contributed by atoms with Gasteiger partial charge in [0.15, 0.2) is 5.60 Å². The molecular weight excluding hydrogens is 316 g/mol. The quantitative estimate of drug-likeness (QED) is 0.589. The molecule has 1 aromatic heterocycles. The van der Waals surface area contributed by atoms with Gasteiger partial charge in [0.2, 0.25) is 0 Å². The maximum atomic E-state index is 14.5. The highest BCUT2D eigenvalue weighted by Gasteiger charge is 2.67. The molecule has 7 heteroatoms. The monoisotopic (exact) mass is 322 g/mol. The van der Waals surface area contributed by atoms with E-state index in [0.29, 0.717) is 17.4 Å². The molecule has 1 nitrogen and oxygen atoms in total. The number of hydrogen-bond acceptors (Lipinski definition) is 2. The van der Waals surface area contributed by atoms with Gasteiger partial charge in [0.1, 0.15) is 11.6 Å². The topological polar surface area (TPSA) is 12.5 Å². The molecule has 3 rings (SSSR count). The average molecular weight is 323 g/mol.